The second kappa shape index (κ2) is 4.84. The number of benzene rings is 1. The first kappa shape index (κ1) is 13.0. The lowest BCUT2D eigenvalue weighted by atomic mass is 9.95. The van der Waals surface area contributed by atoms with Gasteiger partial charge in [0.2, 0.25) is 0 Å². The van der Waals surface area contributed by atoms with Crippen LogP contribution < -0.4 is 0 Å². The van der Waals surface area contributed by atoms with E-state index >= 15 is 0 Å². The Balaban J connectivity index is 2.23. The molecule has 1 aromatic carbocycles. The van der Waals surface area contributed by atoms with Gasteiger partial charge in [0.15, 0.2) is 0 Å². The van der Waals surface area contributed by atoms with Crippen molar-refractivity contribution in [3.63, 3.8) is 0 Å². The maximum Gasteiger partial charge on any atom is 0.328 e. The maximum absolute atomic E-state index is 10.7. The minimum Gasteiger partial charge on any atom is -0.478 e. The lowest BCUT2D eigenvalue weighted by molar-refractivity contribution is -0.131. The summed E-state index contributed by atoms with van der Waals surface area (Å²) in [5.41, 5.74) is 4.29. The largest absolute Gasteiger partial charge is 0.478 e. The lowest BCUT2D eigenvalue weighted by Crippen LogP contribution is -2.04. The van der Waals surface area contributed by atoms with Gasteiger partial charge in [-0.15, -0.1) is 0 Å². The Hall–Kier alpha value is -2.00. The molecule has 0 radical (unpaired) electrons. The molecule has 0 fully saturated rings. The zero-order valence-corrected chi connectivity index (χ0v) is 11.8. The van der Waals surface area contributed by atoms with Gasteiger partial charge in [0.25, 0.3) is 0 Å². The van der Waals surface area contributed by atoms with Gasteiger partial charge in [-0.05, 0) is 24.5 Å². The molecule has 0 saturated carbocycles. The smallest absolute Gasteiger partial charge is 0.328 e. The number of hydrogen-bond acceptors (Lipinski definition) is 1. The zero-order chi connectivity index (χ0) is 14.3. The number of aryl methyl sites for hydroxylation is 1. The van der Waals surface area contributed by atoms with Crippen LogP contribution in [0.5, 0.6) is 0 Å². The number of fused-ring (bicyclic) bond motifs is 3. The zero-order valence-electron chi connectivity index (χ0n) is 11.1. The SMILES string of the molecule is Cn1c2c(c3ccccc31)C(Cl)=C(/C=C/C(=O)O)CC2. The predicted molar refractivity (Wildman–Crippen MR) is 80.8 cm³/mol. The summed E-state index contributed by atoms with van der Waals surface area (Å²) in [6.07, 6.45) is 4.39. The highest BCUT2D eigenvalue weighted by Gasteiger charge is 2.23. The van der Waals surface area contributed by atoms with Crippen molar-refractivity contribution >= 4 is 33.5 Å². The number of carboxylic acids is 1. The summed E-state index contributed by atoms with van der Waals surface area (Å²) in [5, 5.41) is 10.5. The first-order chi connectivity index (χ1) is 9.59. The molecule has 20 heavy (non-hydrogen) atoms. The summed E-state index contributed by atoms with van der Waals surface area (Å²) in [6.45, 7) is 0. The quantitative estimate of drug-likeness (QED) is 0.856. The third-order valence-electron chi connectivity index (χ3n) is 3.79. The third-order valence-corrected chi connectivity index (χ3v) is 4.22. The van der Waals surface area contributed by atoms with E-state index < -0.39 is 5.97 Å². The van der Waals surface area contributed by atoms with Gasteiger partial charge in [-0.3, -0.25) is 0 Å². The van der Waals surface area contributed by atoms with Gasteiger partial charge in [-0.25, -0.2) is 4.79 Å². The summed E-state index contributed by atoms with van der Waals surface area (Å²) in [4.78, 5) is 10.7. The molecule has 1 aliphatic rings. The average Bonchev–Trinajstić information content (AvgIpc) is 2.73. The van der Waals surface area contributed by atoms with Crippen LogP contribution >= 0.6 is 11.6 Å². The summed E-state index contributed by atoms with van der Waals surface area (Å²) >= 11 is 6.51. The van der Waals surface area contributed by atoms with Crippen molar-refractivity contribution in [1.82, 2.24) is 4.57 Å². The monoisotopic (exact) mass is 287 g/mol. The van der Waals surface area contributed by atoms with Gasteiger partial charge in [-0.2, -0.15) is 0 Å². The highest BCUT2D eigenvalue weighted by molar-refractivity contribution is 6.51. The van der Waals surface area contributed by atoms with Crippen molar-refractivity contribution in [3.8, 4) is 0 Å². The van der Waals surface area contributed by atoms with Gasteiger partial charge in [0.1, 0.15) is 0 Å². The second-order valence-electron chi connectivity index (χ2n) is 4.91. The van der Waals surface area contributed by atoms with E-state index in [1.165, 1.54) is 5.69 Å². The number of hydrogen-bond donors (Lipinski definition) is 1. The molecule has 0 spiro atoms. The summed E-state index contributed by atoms with van der Waals surface area (Å²) in [5.74, 6) is -0.953. The molecule has 0 atom stereocenters. The van der Waals surface area contributed by atoms with Crippen LogP contribution in [0.15, 0.2) is 42.0 Å². The molecule has 0 aliphatic heterocycles. The van der Waals surface area contributed by atoms with Gasteiger partial charge < -0.3 is 9.67 Å². The molecule has 0 amide bonds. The lowest BCUT2D eigenvalue weighted by Gasteiger charge is -2.16. The van der Waals surface area contributed by atoms with E-state index in [-0.39, 0.29) is 0 Å². The number of nitrogens with zero attached hydrogens (tertiary/aromatic N) is 1. The fourth-order valence-electron chi connectivity index (χ4n) is 2.84. The highest BCUT2D eigenvalue weighted by Crippen LogP contribution is 2.40. The second-order valence-corrected chi connectivity index (χ2v) is 5.29. The van der Waals surface area contributed by atoms with Crippen LogP contribution in [0.2, 0.25) is 0 Å². The van der Waals surface area contributed by atoms with Crippen molar-refractivity contribution in [2.45, 2.75) is 12.8 Å². The Morgan fingerprint density at radius 3 is 2.85 bits per heavy atom. The van der Waals surface area contributed by atoms with E-state index in [1.54, 1.807) is 6.08 Å². The summed E-state index contributed by atoms with van der Waals surface area (Å²) in [6, 6.07) is 8.13. The summed E-state index contributed by atoms with van der Waals surface area (Å²) < 4.78 is 2.17. The van der Waals surface area contributed by atoms with Crippen molar-refractivity contribution < 1.29 is 9.90 Å². The molecule has 0 unspecified atom stereocenters. The van der Waals surface area contributed by atoms with E-state index in [4.69, 9.17) is 16.7 Å². The Bertz CT molecular complexity index is 768. The maximum atomic E-state index is 10.7. The molecule has 1 aromatic heterocycles. The molecule has 1 N–H and O–H groups in total. The van der Waals surface area contributed by atoms with E-state index in [1.807, 2.05) is 19.2 Å². The predicted octanol–water partition coefficient (Wildman–Crippen LogP) is 3.72. The van der Waals surface area contributed by atoms with Crippen LogP contribution in [-0.4, -0.2) is 15.6 Å². The van der Waals surface area contributed by atoms with E-state index in [9.17, 15) is 4.79 Å². The Morgan fingerprint density at radius 1 is 1.35 bits per heavy atom. The van der Waals surface area contributed by atoms with E-state index in [0.717, 1.165) is 41.0 Å². The molecular formula is C16H14ClNO2. The molecule has 3 rings (SSSR count). The molecule has 2 aromatic rings. The number of rotatable bonds is 2. The van der Waals surface area contributed by atoms with Gasteiger partial charge in [-0.1, -0.05) is 35.9 Å². The minimum absolute atomic E-state index is 0.667. The Labute approximate surface area is 121 Å². The molecule has 3 nitrogen and oxygen atoms in total. The number of para-hydroxylation sites is 1. The number of halogens is 1. The van der Waals surface area contributed by atoms with E-state index in [2.05, 4.69) is 16.7 Å². The van der Waals surface area contributed by atoms with Gasteiger partial charge in [0, 0.05) is 35.3 Å². The fourth-order valence-corrected chi connectivity index (χ4v) is 3.20. The number of carboxylic acid groups (broad SMARTS) is 1. The van der Waals surface area contributed by atoms with Gasteiger partial charge in [0.05, 0.1) is 5.03 Å². The Morgan fingerprint density at radius 2 is 2.10 bits per heavy atom. The first-order valence-corrected chi connectivity index (χ1v) is 6.83. The average molecular weight is 288 g/mol. The molecule has 1 aliphatic carbocycles. The molecule has 1 heterocycles. The number of aliphatic carboxylic acids is 1. The van der Waals surface area contributed by atoms with Gasteiger partial charge >= 0.3 is 5.97 Å². The fraction of sp³-hybridized carbons (Fsp3) is 0.188. The van der Waals surface area contributed by atoms with Crippen LogP contribution in [0, 0.1) is 0 Å². The van der Waals surface area contributed by atoms with Crippen LogP contribution in [-0.2, 0) is 18.3 Å². The molecular weight excluding hydrogens is 274 g/mol. The molecule has 0 saturated heterocycles. The van der Waals surface area contributed by atoms with Crippen LogP contribution in [0.3, 0.4) is 0 Å². The van der Waals surface area contributed by atoms with Crippen molar-refractivity contribution in [1.29, 1.82) is 0 Å². The number of carbonyl (C=O) groups is 1. The van der Waals surface area contributed by atoms with Crippen molar-refractivity contribution in [2.24, 2.45) is 7.05 Å². The highest BCUT2D eigenvalue weighted by atomic mass is 35.5. The van der Waals surface area contributed by atoms with Crippen LogP contribution in [0.25, 0.3) is 15.9 Å². The first-order valence-electron chi connectivity index (χ1n) is 6.46. The number of aromatic nitrogens is 1. The molecule has 102 valence electrons. The third kappa shape index (κ3) is 1.95. The topological polar surface area (TPSA) is 42.2 Å². The van der Waals surface area contributed by atoms with Crippen LogP contribution in [0.1, 0.15) is 17.7 Å². The normalized spacial score (nSPS) is 15.1. The Kier molecular flexibility index (Phi) is 3.14. The van der Waals surface area contributed by atoms with E-state index in [0.29, 0.717) is 5.03 Å². The molecule has 4 heteroatoms. The van der Waals surface area contributed by atoms with Crippen molar-refractivity contribution in [3.05, 3.63) is 53.2 Å². The number of allylic oxidation sites excluding steroid dienone is 2. The minimum atomic E-state index is -0.953. The molecule has 0 bridgehead atoms. The van der Waals surface area contributed by atoms with Crippen LogP contribution in [0.4, 0.5) is 0 Å². The van der Waals surface area contributed by atoms with Crippen molar-refractivity contribution in [2.75, 3.05) is 0 Å². The summed E-state index contributed by atoms with van der Waals surface area (Å²) in [7, 11) is 2.05. The standard InChI is InChI=1S/C16H14ClNO2/c1-18-12-5-3-2-4-11(12)15-13(18)8-6-10(16(15)17)7-9-14(19)20/h2-5,7,9H,6,8H2,1H3,(H,19,20)/b9-7+.